The molecule has 0 amide bonds. The number of aliphatic hydroxyl groups is 1. The highest BCUT2D eigenvalue weighted by Crippen LogP contribution is 2.24. The largest absolute Gasteiger partial charge is 0.390 e. The van der Waals surface area contributed by atoms with Gasteiger partial charge in [0.05, 0.1) is 18.6 Å². The van der Waals surface area contributed by atoms with Crippen LogP contribution >= 0.6 is 11.8 Å². The lowest BCUT2D eigenvalue weighted by atomic mass is 10.1. The quantitative estimate of drug-likeness (QED) is 0.791. The van der Waals surface area contributed by atoms with E-state index in [9.17, 15) is 0 Å². The number of imidazole rings is 1. The van der Waals surface area contributed by atoms with Crippen molar-refractivity contribution in [2.75, 3.05) is 11.5 Å². The maximum Gasteiger partial charge on any atom is 0.0950 e. The summed E-state index contributed by atoms with van der Waals surface area (Å²) in [6.07, 6.45) is 5.06. The fourth-order valence-corrected chi connectivity index (χ4v) is 2.89. The van der Waals surface area contributed by atoms with Crippen molar-refractivity contribution in [3.63, 3.8) is 0 Å². The summed E-state index contributed by atoms with van der Waals surface area (Å²) in [5.41, 5.74) is 0.769. The number of aliphatic hydroxyl groups excluding tert-OH is 1. The fraction of sp³-hybridized carbons (Fsp3) is 0.667. The molecule has 0 radical (unpaired) electrons. The van der Waals surface area contributed by atoms with Crippen LogP contribution in [0.5, 0.6) is 0 Å². The highest BCUT2D eigenvalue weighted by Gasteiger charge is 2.15. The van der Waals surface area contributed by atoms with Gasteiger partial charge in [-0.05, 0) is 23.8 Å². The van der Waals surface area contributed by atoms with Gasteiger partial charge >= 0.3 is 0 Å². The molecule has 13 heavy (non-hydrogen) atoms. The molecule has 72 valence electrons. The Bertz CT molecular complexity index is 268. The van der Waals surface area contributed by atoms with E-state index in [-0.39, 0.29) is 6.61 Å². The molecule has 4 heteroatoms. The first-order chi connectivity index (χ1) is 6.38. The van der Waals surface area contributed by atoms with E-state index < -0.39 is 0 Å². The minimum absolute atomic E-state index is 0.0480. The molecule has 1 fully saturated rings. The molecule has 0 spiro atoms. The second-order valence-corrected chi connectivity index (χ2v) is 4.60. The number of rotatable bonds is 3. The molecule has 1 aromatic heterocycles. The molecule has 3 nitrogen and oxygen atoms in total. The molecule has 2 rings (SSSR count). The van der Waals surface area contributed by atoms with E-state index in [1.54, 1.807) is 0 Å². The molecule has 1 aliphatic heterocycles. The van der Waals surface area contributed by atoms with Crippen LogP contribution in [0.2, 0.25) is 0 Å². The number of aromatic nitrogens is 2. The summed E-state index contributed by atoms with van der Waals surface area (Å²) < 4.78 is 2.09. The van der Waals surface area contributed by atoms with Gasteiger partial charge in [-0.3, -0.25) is 0 Å². The Morgan fingerprint density at radius 2 is 2.62 bits per heavy atom. The zero-order valence-corrected chi connectivity index (χ0v) is 8.33. The Hall–Kier alpha value is -0.480. The topological polar surface area (TPSA) is 38.0 Å². The number of hydrogen-bond acceptors (Lipinski definition) is 3. The molecule has 1 aliphatic rings. The minimum Gasteiger partial charge on any atom is -0.390 e. The Morgan fingerprint density at radius 1 is 1.69 bits per heavy atom. The molecule has 1 saturated heterocycles. The van der Waals surface area contributed by atoms with Gasteiger partial charge in [0.1, 0.15) is 0 Å². The molecular weight excluding hydrogens is 184 g/mol. The summed E-state index contributed by atoms with van der Waals surface area (Å²) in [4.78, 5) is 4.08. The lowest BCUT2D eigenvalue weighted by Crippen LogP contribution is -2.07. The monoisotopic (exact) mass is 198 g/mol. The number of hydrogen-bond donors (Lipinski definition) is 1. The van der Waals surface area contributed by atoms with Gasteiger partial charge in [0.15, 0.2) is 0 Å². The molecule has 0 aliphatic carbocycles. The first-order valence-electron chi connectivity index (χ1n) is 4.57. The van der Waals surface area contributed by atoms with Crippen LogP contribution in [0.4, 0.5) is 0 Å². The molecule has 2 heterocycles. The minimum atomic E-state index is 0.0480. The third kappa shape index (κ3) is 2.25. The highest BCUT2D eigenvalue weighted by atomic mass is 32.2. The summed E-state index contributed by atoms with van der Waals surface area (Å²) in [5, 5.41) is 8.83. The average Bonchev–Trinajstić information content (AvgIpc) is 2.76. The van der Waals surface area contributed by atoms with Crippen LogP contribution in [0, 0.1) is 5.92 Å². The standard InChI is InChI=1S/C9H14N2OS/c12-5-9-4-11(7-10-9)3-8-1-2-13-6-8/h4,7-8,12H,1-3,5-6H2. The summed E-state index contributed by atoms with van der Waals surface area (Å²) >= 11 is 2.03. The molecule has 1 atom stereocenters. The summed E-state index contributed by atoms with van der Waals surface area (Å²) in [5.74, 6) is 3.37. The van der Waals surface area contributed by atoms with Crippen LogP contribution in [-0.2, 0) is 13.2 Å². The molecular formula is C9H14N2OS. The zero-order chi connectivity index (χ0) is 9.10. The van der Waals surface area contributed by atoms with Gasteiger partial charge in [-0.25, -0.2) is 4.98 Å². The van der Waals surface area contributed by atoms with E-state index in [2.05, 4.69) is 9.55 Å². The molecule has 1 unspecified atom stereocenters. The second kappa shape index (κ2) is 4.15. The van der Waals surface area contributed by atoms with Crippen LogP contribution < -0.4 is 0 Å². The predicted molar refractivity (Wildman–Crippen MR) is 53.6 cm³/mol. The van der Waals surface area contributed by atoms with Crippen LogP contribution in [0.25, 0.3) is 0 Å². The van der Waals surface area contributed by atoms with Crippen LogP contribution in [-0.4, -0.2) is 26.2 Å². The Balaban J connectivity index is 1.92. The summed E-state index contributed by atoms with van der Waals surface area (Å²) in [6.45, 7) is 1.10. The zero-order valence-electron chi connectivity index (χ0n) is 7.52. The van der Waals surface area contributed by atoms with Crippen molar-refractivity contribution in [1.82, 2.24) is 9.55 Å². The normalized spacial score (nSPS) is 22.4. The van der Waals surface area contributed by atoms with Crippen LogP contribution in [0.3, 0.4) is 0 Å². The van der Waals surface area contributed by atoms with Crippen molar-refractivity contribution in [3.05, 3.63) is 18.2 Å². The van der Waals surface area contributed by atoms with Gasteiger partial charge in [0.25, 0.3) is 0 Å². The third-order valence-corrected chi connectivity index (χ3v) is 3.57. The lowest BCUT2D eigenvalue weighted by Gasteiger charge is -2.07. The Labute approximate surface area is 82.2 Å². The van der Waals surface area contributed by atoms with E-state index in [0.717, 1.165) is 18.2 Å². The van der Waals surface area contributed by atoms with E-state index in [0.29, 0.717) is 0 Å². The maximum absolute atomic E-state index is 8.83. The third-order valence-electron chi connectivity index (χ3n) is 2.34. The second-order valence-electron chi connectivity index (χ2n) is 3.45. The van der Waals surface area contributed by atoms with Gasteiger partial charge < -0.3 is 9.67 Å². The van der Waals surface area contributed by atoms with E-state index in [1.807, 2.05) is 24.3 Å². The molecule has 0 bridgehead atoms. The summed E-state index contributed by atoms with van der Waals surface area (Å²) in [7, 11) is 0. The van der Waals surface area contributed by atoms with Crippen molar-refractivity contribution >= 4 is 11.8 Å². The van der Waals surface area contributed by atoms with E-state index >= 15 is 0 Å². The van der Waals surface area contributed by atoms with Crippen LogP contribution in [0.1, 0.15) is 12.1 Å². The van der Waals surface area contributed by atoms with E-state index in [4.69, 9.17) is 5.11 Å². The highest BCUT2D eigenvalue weighted by molar-refractivity contribution is 7.99. The molecule has 1 N–H and O–H groups in total. The average molecular weight is 198 g/mol. The smallest absolute Gasteiger partial charge is 0.0950 e. The SMILES string of the molecule is OCc1cn(CC2CCSC2)cn1. The fourth-order valence-electron chi connectivity index (χ4n) is 1.61. The predicted octanol–water partition coefficient (Wildman–Crippen LogP) is 1.13. The molecule has 0 saturated carbocycles. The van der Waals surface area contributed by atoms with Gasteiger partial charge in [0.2, 0.25) is 0 Å². The van der Waals surface area contributed by atoms with Gasteiger partial charge in [-0.15, -0.1) is 0 Å². The van der Waals surface area contributed by atoms with E-state index in [1.165, 1.54) is 17.9 Å². The van der Waals surface area contributed by atoms with Crippen molar-refractivity contribution < 1.29 is 5.11 Å². The van der Waals surface area contributed by atoms with Crippen molar-refractivity contribution in [2.24, 2.45) is 5.92 Å². The van der Waals surface area contributed by atoms with Crippen LogP contribution in [0.15, 0.2) is 12.5 Å². The number of nitrogens with zero attached hydrogens (tertiary/aromatic N) is 2. The van der Waals surface area contributed by atoms with Crippen molar-refractivity contribution in [2.45, 2.75) is 19.6 Å². The van der Waals surface area contributed by atoms with Gasteiger partial charge in [-0.1, -0.05) is 0 Å². The number of thioether (sulfide) groups is 1. The first-order valence-corrected chi connectivity index (χ1v) is 5.73. The Morgan fingerprint density at radius 3 is 3.23 bits per heavy atom. The molecule has 0 aromatic carbocycles. The summed E-state index contributed by atoms with van der Waals surface area (Å²) in [6, 6.07) is 0. The maximum atomic E-state index is 8.83. The van der Waals surface area contributed by atoms with Gasteiger partial charge in [0, 0.05) is 12.7 Å². The Kier molecular flexibility index (Phi) is 2.90. The van der Waals surface area contributed by atoms with Crippen molar-refractivity contribution in [1.29, 1.82) is 0 Å². The first kappa shape index (κ1) is 9.09. The molecule has 1 aromatic rings. The van der Waals surface area contributed by atoms with Gasteiger partial charge in [-0.2, -0.15) is 11.8 Å². The lowest BCUT2D eigenvalue weighted by molar-refractivity contribution is 0.277. The van der Waals surface area contributed by atoms with Crippen molar-refractivity contribution in [3.8, 4) is 0 Å².